The Morgan fingerprint density at radius 3 is 1.77 bits per heavy atom. The number of aromatic nitrogens is 3. The zero-order valence-corrected chi connectivity index (χ0v) is 24.0. The number of nitrogens with one attached hydrogen (secondary N) is 1. The van der Waals surface area contributed by atoms with Crippen molar-refractivity contribution in [3.05, 3.63) is 100 Å². The number of para-hydroxylation sites is 3. The predicted molar refractivity (Wildman–Crippen MR) is 170 cm³/mol. The van der Waals surface area contributed by atoms with Crippen LogP contribution in [0.1, 0.15) is 27.2 Å². The molecular weight excluding hydrogens is 559 g/mol. The van der Waals surface area contributed by atoms with Gasteiger partial charge in [0.05, 0.1) is 37.2 Å². The fourth-order valence-corrected chi connectivity index (χ4v) is 6.29. The maximum absolute atomic E-state index is 11.3. The third-order valence-corrected chi connectivity index (χ3v) is 8.36. The number of hydrogen-bond donors (Lipinski definition) is 1. The Labute approximate surface area is 245 Å². The lowest BCUT2D eigenvalue weighted by Crippen LogP contribution is -2.23. The molecule has 0 radical (unpaired) electrons. The number of amides is 1. The van der Waals surface area contributed by atoms with Crippen molar-refractivity contribution in [2.45, 2.75) is 20.5 Å². The van der Waals surface area contributed by atoms with Gasteiger partial charge in [-0.2, -0.15) is 0 Å². The van der Waals surface area contributed by atoms with Crippen LogP contribution in [0.15, 0.2) is 85.5 Å². The highest BCUT2D eigenvalue weighted by molar-refractivity contribution is 7.20. The molecule has 0 spiro atoms. The number of fused-ring (bicyclic) bond motifs is 3. The number of nitrogens with zero attached hydrogens (tertiary/aromatic N) is 4. The lowest BCUT2D eigenvalue weighted by atomic mass is 10.3. The summed E-state index contributed by atoms with van der Waals surface area (Å²) < 4.78 is 3.48. The summed E-state index contributed by atoms with van der Waals surface area (Å²) in [7, 11) is 3.68. The molecule has 3 heterocycles. The van der Waals surface area contributed by atoms with E-state index in [1.54, 1.807) is 34.6 Å². The summed E-state index contributed by atoms with van der Waals surface area (Å²) >= 11 is 4.78. The normalized spacial score (nSPS) is 10.2. The van der Waals surface area contributed by atoms with Gasteiger partial charge in [-0.05, 0) is 49.5 Å². The quantitative estimate of drug-likeness (QED) is 0.163. The van der Waals surface area contributed by atoms with E-state index < -0.39 is 0 Å². The van der Waals surface area contributed by atoms with Gasteiger partial charge in [-0.1, -0.05) is 50.4 Å². The molecule has 0 saturated carbocycles. The van der Waals surface area contributed by atoms with Gasteiger partial charge in [0.1, 0.15) is 10.0 Å². The van der Waals surface area contributed by atoms with Crippen molar-refractivity contribution in [1.82, 2.24) is 25.2 Å². The van der Waals surface area contributed by atoms with Crippen LogP contribution in [0.5, 0.6) is 0 Å². The average molecular weight is 590 g/mol. The second-order valence-corrected chi connectivity index (χ2v) is 11.5. The molecule has 0 aliphatic heterocycles. The third kappa shape index (κ3) is 8.09. The molecule has 3 aromatic carbocycles. The van der Waals surface area contributed by atoms with E-state index in [2.05, 4.69) is 32.9 Å². The minimum absolute atomic E-state index is 0. The number of thiazole rings is 3. The van der Waals surface area contributed by atoms with Crippen molar-refractivity contribution in [1.29, 1.82) is 0 Å². The maximum Gasteiger partial charge on any atom is 0.246 e. The lowest BCUT2D eigenvalue weighted by molar-refractivity contribution is -0.125. The molecule has 0 atom stereocenters. The van der Waals surface area contributed by atoms with E-state index in [0.29, 0.717) is 11.6 Å². The maximum atomic E-state index is 11.3. The topological polar surface area (TPSA) is 88.1 Å². The Bertz CT molecular complexity index is 1610. The molecule has 0 aliphatic rings. The number of benzene rings is 3. The van der Waals surface area contributed by atoms with E-state index in [1.807, 2.05) is 73.8 Å². The monoisotopic (exact) mass is 589 g/mol. The van der Waals surface area contributed by atoms with E-state index in [-0.39, 0.29) is 13.3 Å². The average Bonchev–Trinajstić information content (AvgIpc) is 3.68. The molecule has 1 N–H and O–H groups in total. The van der Waals surface area contributed by atoms with Crippen LogP contribution < -0.4 is 5.32 Å². The summed E-state index contributed by atoms with van der Waals surface area (Å²) in [6.45, 7) is 4.85. The lowest BCUT2D eigenvalue weighted by Gasteiger charge is -2.12. The van der Waals surface area contributed by atoms with Gasteiger partial charge in [-0.25, -0.2) is 15.0 Å². The molecule has 1 amide bonds. The Hall–Kier alpha value is -3.83. The number of carbonyl (C=O) groups is 2. The number of rotatable bonds is 6. The Morgan fingerprint density at radius 2 is 1.30 bits per heavy atom. The number of likely N-dealkylation sites (N-methyl/N-ethyl adjacent to an activating group) is 1. The van der Waals surface area contributed by atoms with Gasteiger partial charge in [0.2, 0.25) is 5.91 Å². The minimum Gasteiger partial charge on any atom is -0.335 e. The highest BCUT2D eigenvalue weighted by Gasteiger charge is 2.09. The molecule has 0 aliphatic carbocycles. The molecule has 3 aromatic heterocycles. The molecule has 6 aromatic rings. The van der Waals surface area contributed by atoms with Crippen molar-refractivity contribution in [3.8, 4) is 0 Å². The van der Waals surface area contributed by atoms with Gasteiger partial charge in [-0.15, -0.1) is 34.0 Å². The Balaban J connectivity index is 0.000000167. The van der Waals surface area contributed by atoms with Gasteiger partial charge >= 0.3 is 0 Å². The molecule has 0 fully saturated rings. The molecular formula is C30H31N5O2S3. The summed E-state index contributed by atoms with van der Waals surface area (Å²) in [5, 5.41) is 5.74. The van der Waals surface area contributed by atoms with Crippen LogP contribution in [0.4, 0.5) is 0 Å². The summed E-state index contributed by atoms with van der Waals surface area (Å²) in [4.78, 5) is 36.2. The van der Waals surface area contributed by atoms with Crippen molar-refractivity contribution in [2.24, 2.45) is 0 Å². The van der Waals surface area contributed by atoms with E-state index in [1.165, 1.54) is 22.1 Å². The summed E-state index contributed by atoms with van der Waals surface area (Å²) in [6, 6.07) is 23.9. The molecule has 0 unspecified atom stereocenters. The van der Waals surface area contributed by atoms with Crippen LogP contribution in [0.2, 0.25) is 0 Å². The summed E-state index contributed by atoms with van der Waals surface area (Å²) in [5.74, 6) is -0.0840. The van der Waals surface area contributed by atoms with Gasteiger partial charge in [0.15, 0.2) is 11.3 Å². The van der Waals surface area contributed by atoms with Crippen molar-refractivity contribution >= 4 is 76.9 Å². The third-order valence-electron chi connectivity index (χ3n) is 5.34. The molecule has 206 valence electrons. The molecule has 7 nitrogen and oxygen atoms in total. The summed E-state index contributed by atoms with van der Waals surface area (Å²) in [6.07, 6.45) is 2.10. The highest BCUT2D eigenvalue weighted by Crippen LogP contribution is 2.23. The van der Waals surface area contributed by atoms with Gasteiger partial charge < -0.3 is 10.2 Å². The summed E-state index contributed by atoms with van der Waals surface area (Å²) in [5.41, 5.74) is 2.99. The fourth-order valence-electron chi connectivity index (χ4n) is 3.51. The first-order valence-electron chi connectivity index (χ1n) is 12.0. The number of carbonyl (C=O) groups excluding carboxylic acids is 2. The Morgan fingerprint density at radius 1 is 0.825 bits per heavy atom. The largest absolute Gasteiger partial charge is 0.335 e. The SMILES string of the molecule is C.C=CC(=O)N(C)Cc1nc2ccccc2s1.CNCc1nc2ccccc2s1.O=Cc1nc2ccccc2s1. The standard InChI is InChI=1S/C12H12N2OS.C9H10N2S.C8H5NOS.CH4/c1-3-12(15)14(2)8-11-13-9-6-4-5-7-10(9)16-11;1-10-6-9-11-7-4-2-3-5-8(7)12-9;10-5-8-9-6-3-1-2-4-7(6)11-8;/h3-7H,1,8H2,2H3;2-5,10H,6H2,1H3;1-5H;1H4. The zero-order valence-electron chi connectivity index (χ0n) is 21.5. The highest BCUT2D eigenvalue weighted by atomic mass is 32.1. The van der Waals surface area contributed by atoms with Crippen LogP contribution in [0, 0.1) is 0 Å². The van der Waals surface area contributed by atoms with Crippen LogP contribution in [0.25, 0.3) is 30.6 Å². The van der Waals surface area contributed by atoms with Gasteiger partial charge in [0, 0.05) is 13.6 Å². The Kier molecular flexibility index (Phi) is 11.6. The zero-order chi connectivity index (χ0) is 27.6. The first kappa shape index (κ1) is 30.7. The fraction of sp³-hybridized carbons (Fsp3) is 0.167. The molecule has 40 heavy (non-hydrogen) atoms. The molecule has 10 heteroatoms. The van der Waals surface area contributed by atoms with Gasteiger partial charge in [0.25, 0.3) is 0 Å². The molecule has 0 bridgehead atoms. The van der Waals surface area contributed by atoms with Crippen LogP contribution in [0.3, 0.4) is 0 Å². The first-order valence-corrected chi connectivity index (χ1v) is 14.5. The van der Waals surface area contributed by atoms with Crippen molar-refractivity contribution in [3.63, 3.8) is 0 Å². The second-order valence-electron chi connectivity index (χ2n) is 8.22. The van der Waals surface area contributed by atoms with Crippen LogP contribution in [-0.4, -0.2) is 46.1 Å². The van der Waals surface area contributed by atoms with E-state index in [4.69, 9.17) is 0 Å². The molecule has 6 rings (SSSR count). The van der Waals surface area contributed by atoms with Crippen molar-refractivity contribution < 1.29 is 9.59 Å². The number of aldehydes is 1. The van der Waals surface area contributed by atoms with Crippen LogP contribution in [-0.2, 0) is 17.9 Å². The van der Waals surface area contributed by atoms with Crippen molar-refractivity contribution in [2.75, 3.05) is 14.1 Å². The van der Waals surface area contributed by atoms with E-state index in [0.717, 1.165) is 48.8 Å². The van der Waals surface area contributed by atoms with E-state index in [9.17, 15) is 9.59 Å². The van der Waals surface area contributed by atoms with E-state index >= 15 is 0 Å². The second kappa shape index (κ2) is 15.1. The predicted octanol–water partition coefficient (Wildman–Crippen LogP) is 7.20. The number of hydrogen-bond acceptors (Lipinski definition) is 9. The van der Waals surface area contributed by atoms with Crippen LogP contribution >= 0.6 is 34.0 Å². The smallest absolute Gasteiger partial charge is 0.246 e. The van der Waals surface area contributed by atoms with Gasteiger partial charge in [-0.3, -0.25) is 9.59 Å². The minimum atomic E-state index is -0.0840. The first-order chi connectivity index (χ1) is 19.0. The molecule has 0 saturated heterocycles.